The third-order valence-corrected chi connectivity index (χ3v) is 4.83. The average Bonchev–Trinajstić information content (AvgIpc) is 3.33. The second kappa shape index (κ2) is 6.42. The van der Waals surface area contributed by atoms with Gasteiger partial charge in [-0.3, -0.25) is 0 Å². The fraction of sp³-hybridized carbons (Fsp3) is 0.556. The minimum atomic E-state index is -0.0429. The molecule has 3 heterocycles. The SMILES string of the molecule is CC[C@H]1CC[C@H](c2nnc([C@H]3CCO[C@@H]3c3ccccc3)o2)O1. The van der Waals surface area contributed by atoms with E-state index in [9.17, 15) is 0 Å². The van der Waals surface area contributed by atoms with Crippen molar-refractivity contribution in [2.24, 2.45) is 0 Å². The summed E-state index contributed by atoms with van der Waals surface area (Å²) in [5.41, 5.74) is 1.16. The lowest BCUT2D eigenvalue weighted by molar-refractivity contribution is 0.0263. The van der Waals surface area contributed by atoms with Crippen LogP contribution in [0.2, 0.25) is 0 Å². The van der Waals surface area contributed by atoms with Crippen molar-refractivity contribution in [3.05, 3.63) is 47.7 Å². The molecular formula is C18H22N2O3. The number of rotatable bonds is 4. The van der Waals surface area contributed by atoms with E-state index in [1.807, 2.05) is 18.2 Å². The molecule has 0 unspecified atom stereocenters. The highest BCUT2D eigenvalue weighted by atomic mass is 16.5. The smallest absolute Gasteiger partial charge is 0.245 e. The Bertz CT molecular complexity index is 643. The normalized spacial score (nSPS) is 30.8. The molecule has 0 N–H and O–H groups in total. The Morgan fingerprint density at radius 1 is 1.04 bits per heavy atom. The third kappa shape index (κ3) is 2.91. The Kier molecular flexibility index (Phi) is 4.14. The van der Waals surface area contributed by atoms with Crippen molar-refractivity contribution in [1.82, 2.24) is 10.2 Å². The van der Waals surface area contributed by atoms with Gasteiger partial charge in [0.05, 0.1) is 18.1 Å². The van der Waals surface area contributed by atoms with Gasteiger partial charge in [0.2, 0.25) is 11.8 Å². The van der Waals surface area contributed by atoms with Gasteiger partial charge in [-0.05, 0) is 31.2 Å². The van der Waals surface area contributed by atoms with E-state index in [4.69, 9.17) is 13.9 Å². The van der Waals surface area contributed by atoms with Crippen LogP contribution >= 0.6 is 0 Å². The summed E-state index contributed by atoms with van der Waals surface area (Å²) in [6.45, 7) is 2.87. The zero-order valence-electron chi connectivity index (χ0n) is 13.4. The first-order chi connectivity index (χ1) is 11.3. The molecule has 5 nitrogen and oxygen atoms in total. The van der Waals surface area contributed by atoms with Gasteiger partial charge in [0.25, 0.3) is 0 Å². The second-order valence-corrected chi connectivity index (χ2v) is 6.31. The fourth-order valence-electron chi connectivity index (χ4n) is 3.53. The molecule has 1 aromatic heterocycles. The highest BCUT2D eigenvalue weighted by Crippen LogP contribution is 2.42. The minimum Gasteiger partial charge on any atom is -0.422 e. The fourth-order valence-corrected chi connectivity index (χ4v) is 3.53. The van der Waals surface area contributed by atoms with Gasteiger partial charge in [-0.2, -0.15) is 0 Å². The molecule has 0 aliphatic carbocycles. The van der Waals surface area contributed by atoms with Gasteiger partial charge in [0.15, 0.2) is 0 Å². The maximum atomic E-state index is 5.97. The van der Waals surface area contributed by atoms with Gasteiger partial charge in [-0.25, -0.2) is 0 Å². The molecule has 2 saturated heterocycles. The Morgan fingerprint density at radius 3 is 2.65 bits per heavy atom. The van der Waals surface area contributed by atoms with E-state index in [1.165, 1.54) is 0 Å². The summed E-state index contributed by atoms with van der Waals surface area (Å²) in [6.07, 6.45) is 4.24. The molecule has 0 amide bonds. The van der Waals surface area contributed by atoms with E-state index in [0.717, 1.165) is 37.9 Å². The molecule has 2 aliphatic rings. The first-order valence-corrected chi connectivity index (χ1v) is 8.50. The average molecular weight is 314 g/mol. The Morgan fingerprint density at radius 2 is 1.87 bits per heavy atom. The summed E-state index contributed by atoms with van der Waals surface area (Å²) in [6, 6.07) is 10.3. The van der Waals surface area contributed by atoms with Gasteiger partial charge in [0.1, 0.15) is 6.10 Å². The Hall–Kier alpha value is -1.72. The van der Waals surface area contributed by atoms with E-state index < -0.39 is 0 Å². The van der Waals surface area contributed by atoms with E-state index in [-0.39, 0.29) is 18.1 Å². The van der Waals surface area contributed by atoms with Gasteiger partial charge in [0, 0.05) is 6.61 Å². The highest BCUT2D eigenvalue weighted by Gasteiger charge is 2.36. The van der Waals surface area contributed by atoms with Crippen molar-refractivity contribution >= 4 is 0 Å². The monoisotopic (exact) mass is 314 g/mol. The van der Waals surface area contributed by atoms with Crippen LogP contribution in [-0.4, -0.2) is 22.9 Å². The predicted molar refractivity (Wildman–Crippen MR) is 83.9 cm³/mol. The number of nitrogens with zero attached hydrogens (tertiary/aromatic N) is 2. The molecule has 4 rings (SSSR count). The summed E-state index contributed by atoms with van der Waals surface area (Å²) in [4.78, 5) is 0. The lowest BCUT2D eigenvalue weighted by Gasteiger charge is -2.15. The van der Waals surface area contributed by atoms with Crippen molar-refractivity contribution < 1.29 is 13.9 Å². The summed E-state index contributed by atoms with van der Waals surface area (Å²) < 4.78 is 17.8. The van der Waals surface area contributed by atoms with Crippen LogP contribution in [0, 0.1) is 0 Å². The summed E-state index contributed by atoms with van der Waals surface area (Å²) in [5, 5.41) is 8.54. The van der Waals surface area contributed by atoms with E-state index in [2.05, 4.69) is 29.3 Å². The van der Waals surface area contributed by atoms with Gasteiger partial charge in [-0.15, -0.1) is 10.2 Å². The first kappa shape index (κ1) is 14.8. The summed E-state index contributed by atoms with van der Waals surface area (Å²) >= 11 is 0. The molecule has 5 heteroatoms. The zero-order chi connectivity index (χ0) is 15.6. The lowest BCUT2D eigenvalue weighted by Crippen LogP contribution is -2.06. The molecule has 2 aromatic rings. The molecule has 0 saturated carbocycles. The van der Waals surface area contributed by atoms with Crippen LogP contribution < -0.4 is 0 Å². The number of hydrogen-bond donors (Lipinski definition) is 0. The van der Waals surface area contributed by atoms with Crippen LogP contribution in [0.4, 0.5) is 0 Å². The van der Waals surface area contributed by atoms with Crippen LogP contribution in [0.15, 0.2) is 34.7 Å². The predicted octanol–water partition coefficient (Wildman–Crippen LogP) is 3.94. The number of benzene rings is 1. The molecule has 0 spiro atoms. The molecule has 0 bridgehead atoms. The Balaban J connectivity index is 1.52. The van der Waals surface area contributed by atoms with Crippen molar-refractivity contribution in [3.63, 3.8) is 0 Å². The highest BCUT2D eigenvalue weighted by molar-refractivity contribution is 5.22. The number of aromatic nitrogens is 2. The number of hydrogen-bond acceptors (Lipinski definition) is 5. The maximum Gasteiger partial charge on any atom is 0.245 e. The molecule has 0 radical (unpaired) electrons. The van der Waals surface area contributed by atoms with Crippen molar-refractivity contribution in [1.29, 1.82) is 0 Å². The van der Waals surface area contributed by atoms with Crippen molar-refractivity contribution in [3.8, 4) is 0 Å². The molecule has 2 aliphatic heterocycles. The molecule has 1 aromatic carbocycles. The van der Waals surface area contributed by atoms with Crippen LogP contribution in [0.1, 0.15) is 68.1 Å². The van der Waals surface area contributed by atoms with Crippen LogP contribution in [0.25, 0.3) is 0 Å². The van der Waals surface area contributed by atoms with E-state index in [0.29, 0.717) is 17.9 Å². The van der Waals surface area contributed by atoms with E-state index in [1.54, 1.807) is 0 Å². The second-order valence-electron chi connectivity index (χ2n) is 6.31. The van der Waals surface area contributed by atoms with E-state index >= 15 is 0 Å². The Labute approximate surface area is 136 Å². The largest absolute Gasteiger partial charge is 0.422 e. The third-order valence-electron chi connectivity index (χ3n) is 4.83. The first-order valence-electron chi connectivity index (χ1n) is 8.50. The standard InChI is InChI=1S/C18H22N2O3/c1-2-13-8-9-15(22-13)18-20-19-17(23-18)14-10-11-21-16(14)12-6-4-3-5-7-12/h3-7,13-16H,2,8-11H2,1H3/t13-,14-,15+,16+/m0/s1. The molecule has 2 fully saturated rings. The molecule has 23 heavy (non-hydrogen) atoms. The van der Waals surface area contributed by atoms with Crippen molar-refractivity contribution in [2.75, 3.05) is 6.61 Å². The van der Waals surface area contributed by atoms with Crippen molar-refractivity contribution in [2.45, 2.75) is 56.8 Å². The topological polar surface area (TPSA) is 57.4 Å². The van der Waals surface area contributed by atoms with Gasteiger partial charge in [-0.1, -0.05) is 37.3 Å². The molecule has 122 valence electrons. The van der Waals surface area contributed by atoms with Gasteiger partial charge < -0.3 is 13.9 Å². The minimum absolute atomic E-state index is 0.00242. The maximum absolute atomic E-state index is 5.97. The van der Waals surface area contributed by atoms with Crippen LogP contribution in [-0.2, 0) is 9.47 Å². The number of ether oxygens (including phenoxy) is 2. The molecule has 4 atom stereocenters. The van der Waals surface area contributed by atoms with Crippen LogP contribution in [0.3, 0.4) is 0 Å². The molecular weight excluding hydrogens is 292 g/mol. The summed E-state index contributed by atoms with van der Waals surface area (Å²) in [7, 11) is 0. The van der Waals surface area contributed by atoms with Gasteiger partial charge >= 0.3 is 0 Å². The van der Waals surface area contributed by atoms with Crippen LogP contribution in [0.5, 0.6) is 0 Å². The summed E-state index contributed by atoms with van der Waals surface area (Å²) in [5.74, 6) is 1.42. The zero-order valence-corrected chi connectivity index (χ0v) is 13.4. The lowest BCUT2D eigenvalue weighted by atomic mass is 9.95. The quantitative estimate of drug-likeness (QED) is 0.855.